The third-order valence-electron chi connectivity index (χ3n) is 2.72. The first-order chi connectivity index (χ1) is 7.22. The zero-order valence-corrected chi connectivity index (χ0v) is 9.67. The second kappa shape index (κ2) is 4.05. The highest BCUT2D eigenvalue weighted by atomic mass is 14.8. The molecule has 0 saturated heterocycles. The topological polar surface area (TPSA) is 28.7 Å². The minimum Gasteiger partial charge on any atom is -0.360 e. The number of hydrogen-bond acceptors (Lipinski definition) is 1. The molecule has 0 saturated carbocycles. The van der Waals surface area contributed by atoms with Gasteiger partial charge in [0.25, 0.3) is 0 Å². The van der Waals surface area contributed by atoms with Crippen LogP contribution in [0.15, 0.2) is 18.5 Å². The Morgan fingerprint density at radius 2 is 2.20 bits per heavy atom. The zero-order valence-electron chi connectivity index (χ0n) is 9.67. The van der Waals surface area contributed by atoms with Crippen molar-refractivity contribution in [3.63, 3.8) is 0 Å². The highest BCUT2D eigenvalue weighted by Crippen LogP contribution is 2.22. The number of rotatable bonds is 3. The lowest BCUT2D eigenvalue weighted by Gasteiger charge is -2.08. The largest absolute Gasteiger partial charge is 0.360 e. The SMILES string of the molecule is CCc1ncc(CC(C)C)c2cc[nH]c12. The lowest BCUT2D eigenvalue weighted by Crippen LogP contribution is -1.98. The van der Waals surface area contributed by atoms with E-state index < -0.39 is 0 Å². The number of aryl methyl sites for hydroxylation is 1. The van der Waals surface area contributed by atoms with Gasteiger partial charge in [-0.1, -0.05) is 20.8 Å². The number of nitrogens with zero attached hydrogens (tertiary/aromatic N) is 1. The fourth-order valence-electron chi connectivity index (χ4n) is 2.04. The van der Waals surface area contributed by atoms with Gasteiger partial charge in [-0.05, 0) is 30.4 Å². The van der Waals surface area contributed by atoms with Crippen molar-refractivity contribution in [2.24, 2.45) is 5.92 Å². The second-order valence-electron chi connectivity index (χ2n) is 4.45. The molecule has 0 spiro atoms. The van der Waals surface area contributed by atoms with Crippen LogP contribution in [0.1, 0.15) is 32.0 Å². The second-order valence-corrected chi connectivity index (χ2v) is 4.45. The molecule has 0 bridgehead atoms. The minimum atomic E-state index is 0.678. The summed E-state index contributed by atoms with van der Waals surface area (Å²) in [5.41, 5.74) is 3.75. The fourth-order valence-corrected chi connectivity index (χ4v) is 2.04. The summed E-state index contributed by atoms with van der Waals surface area (Å²) in [6, 6.07) is 2.16. The Balaban J connectivity index is 2.53. The maximum Gasteiger partial charge on any atom is 0.0675 e. The molecule has 0 aliphatic heterocycles. The fraction of sp³-hybridized carbons (Fsp3) is 0.462. The quantitative estimate of drug-likeness (QED) is 0.812. The van der Waals surface area contributed by atoms with Crippen LogP contribution in [0, 0.1) is 5.92 Å². The number of hydrogen-bond donors (Lipinski definition) is 1. The number of aromatic nitrogens is 2. The molecule has 2 heterocycles. The maximum atomic E-state index is 4.52. The maximum absolute atomic E-state index is 4.52. The van der Waals surface area contributed by atoms with Gasteiger partial charge in [0.15, 0.2) is 0 Å². The molecule has 80 valence electrons. The molecule has 2 aromatic heterocycles. The van der Waals surface area contributed by atoms with Gasteiger partial charge in [0.05, 0.1) is 11.2 Å². The molecule has 2 heteroatoms. The highest BCUT2D eigenvalue weighted by Gasteiger charge is 2.08. The van der Waals surface area contributed by atoms with Gasteiger partial charge in [-0.25, -0.2) is 0 Å². The first-order valence-corrected chi connectivity index (χ1v) is 5.66. The van der Waals surface area contributed by atoms with E-state index in [1.165, 1.54) is 22.2 Å². The molecule has 0 aromatic carbocycles. The summed E-state index contributed by atoms with van der Waals surface area (Å²) in [6.07, 6.45) is 6.13. The van der Waals surface area contributed by atoms with Crippen molar-refractivity contribution in [2.45, 2.75) is 33.6 Å². The normalized spacial score (nSPS) is 11.5. The first-order valence-electron chi connectivity index (χ1n) is 5.66. The van der Waals surface area contributed by atoms with Gasteiger partial charge >= 0.3 is 0 Å². The van der Waals surface area contributed by atoms with Crippen LogP contribution in [0.2, 0.25) is 0 Å². The minimum absolute atomic E-state index is 0.678. The molecule has 2 nitrogen and oxygen atoms in total. The van der Waals surface area contributed by atoms with Crippen molar-refractivity contribution in [1.82, 2.24) is 9.97 Å². The van der Waals surface area contributed by atoms with Crippen molar-refractivity contribution < 1.29 is 0 Å². The molecule has 1 N–H and O–H groups in total. The van der Waals surface area contributed by atoms with Gasteiger partial charge in [-0.3, -0.25) is 4.98 Å². The van der Waals surface area contributed by atoms with Gasteiger partial charge in [-0.2, -0.15) is 0 Å². The average molecular weight is 202 g/mol. The summed E-state index contributed by atoms with van der Waals surface area (Å²) < 4.78 is 0. The Morgan fingerprint density at radius 1 is 1.40 bits per heavy atom. The molecule has 0 fully saturated rings. The Hall–Kier alpha value is -1.31. The van der Waals surface area contributed by atoms with Gasteiger partial charge < -0.3 is 4.98 Å². The van der Waals surface area contributed by atoms with Crippen LogP contribution in [0.25, 0.3) is 10.9 Å². The van der Waals surface area contributed by atoms with Crippen LogP contribution in [0.5, 0.6) is 0 Å². The summed E-state index contributed by atoms with van der Waals surface area (Å²) in [4.78, 5) is 7.81. The molecule has 2 aromatic rings. The Bertz CT molecular complexity index is 455. The van der Waals surface area contributed by atoms with E-state index in [9.17, 15) is 0 Å². The summed E-state index contributed by atoms with van der Waals surface area (Å²) in [7, 11) is 0. The summed E-state index contributed by atoms with van der Waals surface area (Å²) in [5, 5.41) is 1.34. The van der Waals surface area contributed by atoms with Crippen LogP contribution < -0.4 is 0 Å². The lowest BCUT2D eigenvalue weighted by molar-refractivity contribution is 0.648. The Morgan fingerprint density at radius 3 is 2.87 bits per heavy atom. The van der Waals surface area contributed by atoms with Crippen molar-refractivity contribution in [1.29, 1.82) is 0 Å². The van der Waals surface area contributed by atoms with E-state index in [-0.39, 0.29) is 0 Å². The standard InChI is InChI=1S/C13H18N2/c1-4-12-13-11(5-6-14-13)10(8-15-12)7-9(2)3/h5-6,8-9,14H,4,7H2,1-3H3. The van der Waals surface area contributed by atoms with Crippen molar-refractivity contribution >= 4 is 10.9 Å². The van der Waals surface area contributed by atoms with Gasteiger partial charge in [0, 0.05) is 17.8 Å². The molecule has 0 aliphatic carbocycles. The number of pyridine rings is 1. The third-order valence-corrected chi connectivity index (χ3v) is 2.72. The number of aromatic amines is 1. The van der Waals surface area contributed by atoms with E-state index in [2.05, 4.69) is 36.8 Å². The van der Waals surface area contributed by atoms with E-state index in [1.807, 2.05) is 12.4 Å². The lowest BCUT2D eigenvalue weighted by atomic mass is 10.0. The van der Waals surface area contributed by atoms with Gasteiger partial charge in [-0.15, -0.1) is 0 Å². The molecule has 0 atom stereocenters. The molecule has 0 radical (unpaired) electrons. The predicted octanol–water partition coefficient (Wildman–Crippen LogP) is 3.32. The van der Waals surface area contributed by atoms with Crippen LogP contribution >= 0.6 is 0 Å². The zero-order chi connectivity index (χ0) is 10.8. The molecule has 2 rings (SSSR count). The smallest absolute Gasteiger partial charge is 0.0675 e. The molecule has 15 heavy (non-hydrogen) atoms. The summed E-state index contributed by atoms with van der Waals surface area (Å²) in [6.45, 7) is 6.63. The monoisotopic (exact) mass is 202 g/mol. The predicted molar refractivity (Wildman–Crippen MR) is 64.0 cm³/mol. The van der Waals surface area contributed by atoms with Crippen LogP contribution in [0.4, 0.5) is 0 Å². The number of fused-ring (bicyclic) bond motifs is 1. The summed E-state index contributed by atoms with van der Waals surface area (Å²) in [5.74, 6) is 0.678. The van der Waals surface area contributed by atoms with Crippen LogP contribution in [-0.2, 0) is 12.8 Å². The third kappa shape index (κ3) is 1.89. The molecular formula is C13H18N2. The van der Waals surface area contributed by atoms with Crippen molar-refractivity contribution in [2.75, 3.05) is 0 Å². The highest BCUT2D eigenvalue weighted by molar-refractivity contribution is 5.84. The van der Waals surface area contributed by atoms with Crippen molar-refractivity contribution in [3.05, 3.63) is 29.7 Å². The van der Waals surface area contributed by atoms with Crippen LogP contribution in [-0.4, -0.2) is 9.97 Å². The molecule has 0 amide bonds. The van der Waals surface area contributed by atoms with E-state index in [0.717, 1.165) is 12.8 Å². The Kier molecular flexibility index (Phi) is 2.76. The van der Waals surface area contributed by atoms with Crippen molar-refractivity contribution in [3.8, 4) is 0 Å². The number of H-pyrrole nitrogens is 1. The van der Waals surface area contributed by atoms with E-state index in [4.69, 9.17) is 0 Å². The molecule has 0 unspecified atom stereocenters. The first kappa shape index (κ1) is 10.2. The van der Waals surface area contributed by atoms with Gasteiger partial charge in [0.2, 0.25) is 0 Å². The average Bonchev–Trinajstić information content (AvgIpc) is 2.66. The van der Waals surface area contributed by atoms with E-state index in [0.29, 0.717) is 5.92 Å². The van der Waals surface area contributed by atoms with E-state index >= 15 is 0 Å². The Labute approximate surface area is 90.7 Å². The van der Waals surface area contributed by atoms with Gasteiger partial charge in [0.1, 0.15) is 0 Å². The number of nitrogens with one attached hydrogen (secondary N) is 1. The molecule has 0 aliphatic rings. The molecular weight excluding hydrogens is 184 g/mol. The summed E-state index contributed by atoms with van der Waals surface area (Å²) >= 11 is 0. The van der Waals surface area contributed by atoms with E-state index in [1.54, 1.807) is 0 Å². The van der Waals surface area contributed by atoms with Crippen LogP contribution in [0.3, 0.4) is 0 Å².